The first kappa shape index (κ1) is 11.7. The zero-order chi connectivity index (χ0) is 12.6. The molecule has 0 aliphatic rings. The smallest absolute Gasteiger partial charge is 0.328 e. The number of imidazole rings is 1. The molecule has 0 saturated heterocycles. The molecule has 0 aliphatic carbocycles. The van der Waals surface area contributed by atoms with Crippen LogP contribution >= 0.6 is 11.6 Å². The van der Waals surface area contributed by atoms with Gasteiger partial charge in [-0.05, 0) is 19.1 Å². The number of rotatable bonds is 2. The van der Waals surface area contributed by atoms with Gasteiger partial charge < -0.3 is 10.5 Å². The lowest BCUT2D eigenvalue weighted by atomic mass is 10.3. The van der Waals surface area contributed by atoms with Crippen molar-refractivity contribution in [3.05, 3.63) is 23.2 Å². The van der Waals surface area contributed by atoms with Crippen molar-refractivity contribution in [2.75, 3.05) is 12.8 Å². The van der Waals surface area contributed by atoms with Crippen molar-refractivity contribution in [3.8, 4) is 0 Å². The van der Waals surface area contributed by atoms with Crippen molar-refractivity contribution < 1.29 is 9.53 Å². The molecule has 0 amide bonds. The molecule has 1 heterocycles. The molecule has 5 nitrogen and oxygen atoms in total. The number of halogens is 1. The summed E-state index contributed by atoms with van der Waals surface area (Å²) in [6, 6.07) is 4.73. The highest BCUT2D eigenvalue weighted by atomic mass is 35.5. The Balaban J connectivity index is 2.68. The van der Waals surface area contributed by atoms with Crippen LogP contribution < -0.4 is 5.73 Å². The molecule has 0 saturated carbocycles. The summed E-state index contributed by atoms with van der Waals surface area (Å²) in [5, 5.41) is 0.502. The third kappa shape index (κ3) is 1.82. The van der Waals surface area contributed by atoms with Gasteiger partial charge in [0.2, 0.25) is 5.95 Å². The van der Waals surface area contributed by atoms with E-state index in [2.05, 4.69) is 4.98 Å². The minimum absolute atomic E-state index is 0.242. The first-order chi connectivity index (χ1) is 8.06. The van der Waals surface area contributed by atoms with Gasteiger partial charge in [0.1, 0.15) is 6.04 Å². The van der Waals surface area contributed by atoms with Gasteiger partial charge in [-0.1, -0.05) is 17.7 Å². The predicted octanol–water partition coefficient (Wildman–Crippen LogP) is 2.01. The van der Waals surface area contributed by atoms with Crippen molar-refractivity contribution in [2.45, 2.75) is 13.0 Å². The summed E-state index contributed by atoms with van der Waals surface area (Å²) in [7, 11) is 1.33. The monoisotopic (exact) mass is 253 g/mol. The van der Waals surface area contributed by atoms with Crippen molar-refractivity contribution in [1.82, 2.24) is 9.55 Å². The second-order valence-electron chi connectivity index (χ2n) is 3.65. The average molecular weight is 254 g/mol. The van der Waals surface area contributed by atoms with E-state index in [-0.39, 0.29) is 5.95 Å². The number of aromatic nitrogens is 2. The fourth-order valence-electron chi connectivity index (χ4n) is 1.79. The lowest BCUT2D eigenvalue weighted by molar-refractivity contribution is -0.143. The van der Waals surface area contributed by atoms with Crippen LogP contribution in [0.3, 0.4) is 0 Å². The molecule has 0 radical (unpaired) electrons. The van der Waals surface area contributed by atoms with Crippen LogP contribution in [-0.4, -0.2) is 22.6 Å². The number of methoxy groups -OCH3 is 1. The molecule has 1 aromatic heterocycles. The van der Waals surface area contributed by atoms with Gasteiger partial charge in [-0.3, -0.25) is 4.57 Å². The molecule has 6 heteroatoms. The first-order valence-corrected chi connectivity index (χ1v) is 5.43. The molecule has 17 heavy (non-hydrogen) atoms. The minimum Gasteiger partial charge on any atom is -0.467 e. The van der Waals surface area contributed by atoms with Gasteiger partial charge in [0.05, 0.1) is 23.2 Å². The number of nitrogens with two attached hydrogens (primary N) is 1. The van der Waals surface area contributed by atoms with Gasteiger partial charge in [0, 0.05) is 0 Å². The summed E-state index contributed by atoms with van der Waals surface area (Å²) < 4.78 is 6.27. The number of para-hydroxylation sites is 1. The van der Waals surface area contributed by atoms with Crippen LogP contribution in [0.5, 0.6) is 0 Å². The Bertz CT molecular complexity index is 579. The van der Waals surface area contributed by atoms with Crippen LogP contribution in [0.15, 0.2) is 18.2 Å². The summed E-state index contributed by atoms with van der Waals surface area (Å²) in [6.07, 6.45) is 0. The summed E-state index contributed by atoms with van der Waals surface area (Å²) in [6.45, 7) is 1.69. The number of esters is 1. The summed E-state index contributed by atoms with van der Waals surface area (Å²) >= 11 is 6.10. The number of nitrogen functional groups attached to an aromatic ring is 1. The molecule has 0 fully saturated rings. The Kier molecular flexibility index (Phi) is 2.93. The van der Waals surface area contributed by atoms with Gasteiger partial charge in [-0.2, -0.15) is 0 Å². The first-order valence-electron chi connectivity index (χ1n) is 5.06. The molecule has 0 spiro atoms. The highest BCUT2D eigenvalue weighted by molar-refractivity contribution is 6.35. The second kappa shape index (κ2) is 4.25. The number of benzene rings is 1. The normalized spacial score (nSPS) is 12.6. The average Bonchev–Trinajstić information content (AvgIpc) is 2.65. The summed E-state index contributed by atoms with van der Waals surface area (Å²) in [5.41, 5.74) is 7.10. The number of fused-ring (bicyclic) bond motifs is 1. The maximum atomic E-state index is 11.5. The molecule has 2 rings (SSSR count). The zero-order valence-corrected chi connectivity index (χ0v) is 10.2. The highest BCUT2D eigenvalue weighted by Crippen LogP contribution is 2.29. The van der Waals surface area contributed by atoms with E-state index in [0.29, 0.717) is 16.1 Å². The number of hydrogen-bond acceptors (Lipinski definition) is 4. The Labute approximate surface area is 103 Å². The minimum atomic E-state index is -0.565. The van der Waals surface area contributed by atoms with E-state index in [0.717, 1.165) is 0 Å². The lowest BCUT2D eigenvalue weighted by Gasteiger charge is -2.13. The van der Waals surface area contributed by atoms with Crippen molar-refractivity contribution in [2.24, 2.45) is 0 Å². The molecule has 1 atom stereocenters. The third-order valence-corrected chi connectivity index (χ3v) is 2.92. The van der Waals surface area contributed by atoms with Crippen LogP contribution in [0.1, 0.15) is 13.0 Å². The maximum absolute atomic E-state index is 11.5. The summed E-state index contributed by atoms with van der Waals surface area (Å²) in [4.78, 5) is 15.7. The molecule has 1 aromatic carbocycles. The third-order valence-electron chi connectivity index (χ3n) is 2.62. The van der Waals surface area contributed by atoms with Crippen LogP contribution in [0.4, 0.5) is 5.95 Å². The maximum Gasteiger partial charge on any atom is 0.328 e. The molecular weight excluding hydrogens is 242 g/mol. The van der Waals surface area contributed by atoms with E-state index in [1.54, 1.807) is 29.7 Å². The van der Waals surface area contributed by atoms with Crippen molar-refractivity contribution in [3.63, 3.8) is 0 Å². The van der Waals surface area contributed by atoms with Gasteiger partial charge >= 0.3 is 5.97 Å². The van der Waals surface area contributed by atoms with E-state index in [1.165, 1.54) is 7.11 Å². The number of nitrogens with zero attached hydrogens (tertiary/aromatic N) is 2. The Hall–Kier alpha value is -1.75. The van der Waals surface area contributed by atoms with E-state index < -0.39 is 12.0 Å². The van der Waals surface area contributed by atoms with Crippen LogP contribution in [0.2, 0.25) is 5.02 Å². The van der Waals surface area contributed by atoms with E-state index >= 15 is 0 Å². The van der Waals surface area contributed by atoms with Gasteiger partial charge in [0.25, 0.3) is 0 Å². The van der Waals surface area contributed by atoms with E-state index in [4.69, 9.17) is 22.1 Å². The van der Waals surface area contributed by atoms with Crippen LogP contribution in [-0.2, 0) is 9.53 Å². The van der Waals surface area contributed by atoms with Crippen molar-refractivity contribution in [1.29, 1.82) is 0 Å². The fraction of sp³-hybridized carbons (Fsp3) is 0.273. The number of hydrogen-bond donors (Lipinski definition) is 1. The molecule has 2 aromatic rings. The molecule has 2 N–H and O–H groups in total. The SMILES string of the molecule is COC(=O)C(C)n1c(N)nc2cccc(Cl)c21. The van der Waals surface area contributed by atoms with Crippen molar-refractivity contribution >= 4 is 34.6 Å². The zero-order valence-electron chi connectivity index (χ0n) is 9.48. The summed E-state index contributed by atoms with van der Waals surface area (Å²) in [5.74, 6) is -0.151. The number of carbonyl (C=O) groups excluding carboxylic acids is 1. The van der Waals surface area contributed by atoms with Crippen LogP contribution in [0.25, 0.3) is 11.0 Å². The molecule has 1 unspecified atom stereocenters. The number of anilines is 1. The van der Waals surface area contributed by atoms with Crippen LogP contribution in [0, 0.1) is 0 Å². The van der Waals surface area contributed by atoms with E-state index in [9.17, 15) is 4.79 Å². The highest BCUT2D eigenvalue weighted by Gasteiger charge is 2.22. The van der Waals surface area contributed by atoms with Gasteiger partial charge in [-0.15, -0.1) is 0 Å². The largest absolute Gasteiger partial charge is 0.467 e. The molecule has 0 aliphatic heterocycles. The molecular formula is C11H12ClN3O2. The Morgan fingerprint density at radius 3 is 2.94 bits per heavy atom. The number of carbonyl (C=O) groups is 1. The van der Waals surface area contributed by atoms with E-state index in [1.807, 2.05) is 0 Å². The molecule has 0 bridgehead atoms. The Morgan fingerprint density at radius 1 is 1.59 bits per heavy atom. The standard InChI is InChI=1S/C11H12ClN3O2/c1-6(10(16)17-2)15-9-7(12)4-3-5-8(9)14-11(15)13/h3-6H,1-2H3,(H2,13,14). The second-order valence-corrected chi connectivity index (χ2v) is 4.05. The topological polar surface area (TPSA) is 70.1 Å². The van der Waals surface area contributed by atoms with Gasteiger partial charge in [-0.25, -0.2) is 9.78 Å². The number of ether oxygens (including phenoxy) is 1. The lowest BCUT2D eigenvalue weighted by Crippen LogP contribution is -2.19. The molecule has 90 valence electrons. The Morgan fingerprint density at radius 2 is 2.29 bits per heavy atom. The van der Waals surface area contributed by atoms with Gasteiger partial charge in [0.15, 0.2) is 0 Å². The predicted molar refractivity (Wildman–Crippen MR) is 65.9 cm³/mol. The quantitative estimate of drug-likeness (QED) is 0.831. The fourth-order valence-corrected chi connectivity index (χ4v) is 2.05.